The smallest absolute Gasteiger partial charge is 0.201 e. The van der Waals surface area contributed by atoms with Gasteiger partial charge in [-0.2, -0.15) is 0 Å². The van der Waals surface area contributed by atoms with Crippen LogP contribution in [0.4, 0.5) is 0 Å². The first-order valence-electron chi connectivity index (χ1n) is 6.09. The van der Waals surface area contributed by atoms with Gasteiger partial charge >= 0.3 is 0 Å². The van der Waals surface area contributed by atoms with Crippen LogP contribution in [0.25, 0.3) is 0 Å². The molecule has 102 valence electrons. The number of halogens is 1. The molecule has 0 heterocycles. The number of ketones is 2. The summed E-state index contributed by atoms with van der Waals surface area (Å²) in [5.74, 6) is 0.338. The van der Waals surface area contributed by atoms with E-state index in [1.165, 1.54) is 6.92 Å². The summed E-state index contributed by atoms with van der Waals surface area (Å²) in [5.41, 5.74) is 1.05. The highest BCUT2D eigenvalue weighted by Crippen LogP contribution is 2.17. The fourth-order valence-corrected chi connectivity index (χ4v) is 1.94. The molecule has 0 atom stereocenters. The van der Waals surface area contributed by atoms with Crippen LogP contribution in [-0.4, -0.2) is 18.2 Å². The van der Waals surface area contributed by atoms with Crippen LogP contribution in [0.1, 0.15) is 27.6 Å². The maximum absolute atomic E-state index is 12.0. The third-order valence-corrected chi connectivity index (χ3v) is 3.13. The lowest BCUT2D eigenvalue weighted by Gasteiger charge is -2.07. The summed E-state index contributed by atoms with van der Waals surface area (Å²) in [7, 11) is 0. The van der Waals surface area contributed by atoms with Crippen molar-refractivity contribution in [2.75, 3.05) is 6.61 Å². The molecule has 20 heavy (non-hydrogen) atoms. The van der Waals surface area contributed by atoms with Gasteiger partial charge in [0.1, 0.15) is 5.75 Å². The summed E-state index contributed by atoms with van der Waals surface area (Å²) < 4.78 is 5.39. The minimum Gasteiger partial charge on any atom is -0.485 e. The Balaban J connectivity index is 2.00. The van der Waals surface area contributed by atoms with E-state index in [4.69, 9.17) is 16.3 Å². The molecular weight excluding hydrogens is 276 g/mol. The highest BCUT2D eigenvalue weighted by atomic mass is 35.5. The fraction of sp³-hybridized carbons (Fsp3) is 0.125. The van der Waals surface area contributed by atoms with Gasteiger partial charge in [0.2, 0.25) is 5.78 Å². The van der Waals surface area contributed by atoms with Crippen molar-refractivity contribution in [1.29, 1.82) is 0 Å². The molecule has 0 N–H and O–H groups in total. The summed E-state index contributed by atoms with van der Waals surface area (Å²) >= 11 is 5.94. The number of hydrogen-bond donors (Lipinski definition) is 0. The van der Waals surface area contributed by atoms with Crippen molar-refractivity contribution >= 4 is 23.2 Å². The Hall–Kier alpha value is -2.13. The number of carbonyl (C=O) groups excluding carboxylic acids is 2. The Bertz CT molecular complexity index is 632. The van der Waals surface area contributed by atoms with Crippen LogP contribution in [0.5, 0.6) is 5.75 Å². The molecule has 0 spiro atoms. The van der Waals surface area contributed by atoms with Crippen LogP contribution in [0.15, 0.2) is 48.5 Å². The molecule has 4 heteroatoms. The Morgan fingerprint density at radius 1 is 1.05 bits per heavy atom. The second-order valence-corrected chi connectivity index (χ2v) is 4.68. The van der Waals surface area contributed by atoms with Gasteiger partial charge in [0.05, 0.1) is 5.02 Å². The second kappa shape index (κ2) is 6.35. The molecule has 0 aromatic heterocycles. The first-order chi connectivity index (χ1) is 9.58. The number of benzene rings is 2. The van der Waals surface area contributed by atoms with Crippen molar-refractivity contribution in [2.45, 2.75) is 6.92 Å². The molecule has 0 aliphatic rings. The standard InChI is InChI=1S/C16H13ClO3/c1-11(18)12-6-8-13(9-7-12)20-10-16(19)14-4-2-3-5-15(14)17/h2-9H,10H2,1H3. The number of ether oxygens (including phenoxy) is 1. The van der Waals surface area contributed by atoms with E-state index in [0.29, 0.717) is 21.9 Å². The molecule has 2 aromatic rings. The van der Waals surface area contributed by atoms with Crippen molar-refractivity contribution in [2.24, 2.45) is 0 Å². The van der Waals surface area contributed by atoms with E-state index in [1.54, 1.807) is 48.5 Å². The van der Waals surface area contributed by atoms with Crippen molar-refractivity contribution in [3.8, 4) is 5.75 Å². The summed E-state index contributed by atoms with van der Waals surface area (Å²) in [5, 5.41) is 0.410. The predicted molar refractivity (Wildman–Crippen MR) is 77.7 cm³/mol. The minimum atomic E-state index is -0.189. The van der Waals surface area contributed by atoms with Crippen LogP contribution in [0.2, 0.25) is 5.02 Å². The van der Waals surface area contributed by atoms with Crippen molar-refractivity contribution < 1.29 is 14.3 Å². The van der Waals surface area contributed by atoms with E-state index in [9.17, 15) is 9.59 Å². The predicted octanol–water partition coefficient (Wildman–Crippen LogP) is 3.80. The highest BCUT2D eigenvalue weighted by molar-refractivity contribution is 6.34. The Morgan fingerprint density at radius 3 is 2.30 bits per heavy atom. The second-order valence-electron chi connectivity index (χ2n) is 4.27. The molecule has 0 unspecified atom stereocenters. The van der Waals surface area contributed by atoms with Crippen molar-refractivity contribution in [3.63, 3.8) is 0 Å². The highest BCUT2D eigenvalue weighted by Gasteiger charge is 2.10. The van der Waals surface area contributed by atoms with Gasteiger partial charge in [0.25, 0.3) is 0 Å². The molecule has 2 aromatic carbocycles. The third kappa shape index (κ3) is 3.45. The number of carbonyl (C=O) groups is 2. The fourth-order valence-electron chi connectivity index (χ4n) is 1.70. The maximum Gasteiger partial charge on any atom is 0.201 e. The third-order valence-electron chi connectivity index (χ3n) is 2.81. The lowest BCUT2D eigenvalue weighted by molar-refractivity contribution is 0.0920. The minimum absolute atomic E-state index is 0.0105. The van der Waals surface area contributed by atoms with Crippen LogP contribution in [0.3, 0.4) is 0 Å². The van der Waals surface area contributed by atoms with Gasteiger partial charge in [-0.1, -0.05) is 23.7 Å². The Morgan fingerprint density at radius 2 is 1.70 bits per heavy atom. The molecule has 2 rings (SSSR count). The molecule has 0 aliphatic carbocycles. The monoisotopic (exact) mass is 288 g/mol. The van der Waals surface area contributed by atoms with E-state index >= 15 is 0 Å². The molecule has 0 amide bonds. The van der Waals surface area contributed by atoms with Crippen LogP contribution >= 0.6 is 11.6 Å². The van der Waals surface area contributed by atoms with E-state index in [2.05, 4.69) is 0 Å². The lowest BCUT2D eigenvalue weighted by atomic mass is 10.1. The molecule has 0 aliphatic heterocycles. The molecule has 0 bridgehead atoms. The average Bonchev–Trinajstić information content (AvgIpc) is 2.45. The van der Waals surface area contributed by atoms with Crippen molar-refractivity contribution in [3.05, 3.63) is 64.7 Å². The van der Waals surface area contributed by atoms with Gasteiger partial charge in [-0.25, -0.2) is 0 Å². The summed E-state index contributed by atoms with van der Waals surface area (Å²) in [4.78, 5) is 23.1. The van der Waals surface area contributed by atoms with Gasteiger partial charge in [-0.05, 0) is 43.3 Å². The number of Topliss-reactive ketones (excluding diaryl/α,β-unsaturated/α-hetero) is 2. The summed E-state index contributed by atoms with van der Waals surface area (Å²) in [6.45, 7) is 1.40. The molecule has 0 saturated carbocycles. The van der Waals surface area contributed by atoms with Crippen LogP contribution < -0.4 is 4.74 Å². The largest absolute Gasteiger partial charge is 0.485 e. The van der Waals surface area contributed by atoms with Gasteiger partial charge in [-0.3, -0.25) is 9.59 Å². The van der Waals surface area contributed by atoms with E-state index < -0.39 is 0 Å². The van der Waals surface area contributed by atoms with Crippen molar-refractivity contribution in [1.82, 2.24) is 0 Å². The first-order valence-corrected chi connectivity index (χ1v) is 6.47. The number of hydrogen-bond acceptors (Lipinski definition) is 3. The van der Waals surface area contributed by atoms with Gasteiger partial charge < -0.3 is 4.74 Å². The molecule has 0 saturated heterocycles. The van der Waals surface area contributed by atoms with Gasteiger partial charge in [0, 0.05) is 11.1 Å². The van der Waals surface area contributed by atoms with E-state index in [0.717, 1.165) is 0 Å². The first kappa shape index (κ1) is 14.3. The maximum atomic E-state index is 12.0. The normalized spacial score (nSPS) is 10.1. The van der Waals surface area contributed by atoms with E-state index in [-0.39, 0.29) is 18.2 Å². The topological polar surface area (TPSA) is 43.4 Å². The van der Waals surface area contributed by atoms with Gasteiger partial charge in [-0.15, -0.1) is 0 Å². The van der Waals surface area contributed by atoms with Gasteiger partial charge in [0.15, 0.2) is 12.4 Å². The zero-order valence-electron chi connectivity index (χ0n) is 10.9. The molecule has 0 fully saturated rings. The zero-order chi connectivity index (χ0) is 14.5. The molecule has 0 radical (unpaired) electrons. The van der Waals surface area contributed by atoms with Crippen LogP contribution in [-0.2, 0) is 0 Å². The molecular formula is C16H13ClO3. The Kier molecular flexibility index (Phi) is 4.53. The lowest BCUT2D eigenvalue weighted by Crippen LogP contribution is -2.12. The summed E-state index contributed by atoms with van der Waals surface area (Å²) in [6, 6.07) is 13.5. The zero-order valence-corrected chi connectivity index (χ0v) is 11.7. The quantitative estimate of drug-likeness (QED) is 0.786. The summed E-state index contributed by atoms with van der Waals surface area (Å²) in [6.07, 6.45) is 0. The number of rotatable bonds is 5. The van der Waals surface area contributed by atoms with Crippen LogP contribution in [0, 0.1) is 0 Å². The Labute approximate surface area is 122 Å². The van der Waals surface area contributed by atoms with E-state index in [1.807, 2.05) is 0 Å². The SMILES string of the molecule is CC(=O)c1ccc(OCC(=O)c2ccccc2Cl)cc1. The molecule has 3 nitrogen and oxygen atoms in total. The average molecular weight is 289 g/mol.